The number of hydrogen-bond acceptors (Lipinski definition) is 3. The standard InChI is InChI=1S/3C4H8S.3ClH.Ir/c3*1-2-4-5-3-1;;;;/h3*1-4H2;3*1H;/q;;;;;;+3/p-3. The fourth-order valence-corrected chi connectivity index (χ4v) is 4.59. The van der Waals surface area contributed by atoms with Crippen LogP contribution < -0.4 is 37.2 Å². The van der Waals surface area contributed by atoms with Crippen LogP contribution in [0.2, 0.25) is 0 Å². The fourth-order valence-electron chi connectivity index (χ4n) is 1.53. The monoisotopic (exact) mass is 562 g/mol. The number of rotatable bonds is 0. The van der Waals surface area contributed by atoms with Gasteiger partial charge in [-0.3, -0.25) is 0 Å². The third-order valence-electron chi connectivity index (χ3n) is 2.48. The minimum atomic E-state index is 0. The molecule has 0 spiro atoms. The number of thioether (sulfide) groups is 3. The normalized spacial score (nSPS) is 18.9. The fraction of sp³-hybridized carbons (Fsp3) is 1.00. The van der Waals surface area contributed by atoms with E-state index < -0.39 is 0 Å². The first-order valence-electron chi connectivity index (χ1n) is 6.23. The summed E-state index contributed by atoms with van der Waals surface area (Å²) in [7, 11) is 0. The Morgan fingerprint density at radius 1 is 0.368 bits per heavy atom. The molecule has 0 unspecified atom stereocenters. The van der Waals surface area contributed by atoms with Crippen molar-refractivity contribution in [1.29, 1.82) is 0 Å². The Morgan fingerprint density at radius 2 is 0.526 bits per heavy atom. The van der Waals surface area contributed by atoms with Crippen molar-refractivity contribution < 1.29 is 57.3 Å². The Morgan fingerprint density at radius 3 is 0.579 bits per heavy atom. The van der Waals surface area contributed by atoms with E-state index in [2.05, 4.69) is 35.3 Å². The number of hydrogen-bond donors (Lipinski definition) is 0. The van der Waals surface area contributed by atoms with Gasteiger partial charge in [0.15, 0.2) is 0 Å². The van der Waals surface area contributed by atoms with Gasteiger partial charge in [-0.1, -0.05) is 0 Å². The van der Waals surface area contributed by atoms with E-state index in [0.29, 0.717) is 0 Å². The minimum absolute atomic E-state index is 0. The summed E-state index contributed by atoms with van der Waals surface area (Å²) in [5.41, 5.74) is 0. The molecule has 0 atom stereocenters. The van der Waals surface area contributed by atoms with E-state index in [1.807, 2.05) is 0 Å². The van der Waals surface area contributed by atoms with Gasteiger partial charge in [0, 0.05) is 0 Å². The van der Waals surface area contributed by atoms with Crippen molar-refractivity contribution in [3.8, 4) is 0 Å². The van der Waals surface area contributed by atoms with Crippen LogP contribution in [0, 0.1) is 0 Å². The molecule has 0 radical (unpaired) electrons. The van der Waals surface area contributed by atoms with Crippen LogP contribution in [0.5, 0.6) is 0 Å². The molecule has 0 N–H and O–H groups in total. The van der Waals surface area contributed by atoms with Gasteiger partial charge in [0.05, 0.1) is 0 Å². The topological polar surface area (TPSA) is 0 Å². The van der Waals surface area contributed by atoms with Gasteiger partial charge in [-0.05, 0) is 73.0 Å². The zero-order valence-electron chi connectivity index (χ0n) is 11.2. The van der Waals surface area contributed by atoms with Crippen molar-refractivity contribution in [2.45, 2.75) is 38.5 Å². The van der Waals surface area contributed by atoms with Gasteiger partial charge in [-0.2, -0.15) is 35.3 Å². The van der Waals surface area contributed by atoms with Crippen LogP contribution in [0.25, 0.3) is 0 Å². The summed E-state index contributed by atoms with van der Waals surface area (Å²) in [6.07, 6.45) is 8.78. The largest absolute Gasteiger partial charge is 3.00 e. The van der Waals surface area contributed by atoms with Crippen LogP contribution in [-0.2, 0) is 20.1 Å². The van der Waals surface area contributed by atoms with Gasteiger partial charge >= 0.3 is 20.1 Å². The van der Waals surface area contributed by atoms with Gasteiger partial charge in [-0.25, -0.2) is 0 Å². The first kappa shape index (κ1) is 29.6. The van der Waals surface area contributed by atoms with Crippen molar-refractivity contribution in [2.24, 2.45) is 0 Å². The smallest absolute Gasteiger partial charge is 1.00 e. The molecule has 3 fully saturated rings. The molecule has 7 heteroatoms. The Labute approximate surface area is 164 Å². The number of halogens is 3. The van der Waals surface area contributed by atoms with E-state index in [1.165, 1.54) is 73.0 Å². The van der Waals surface area contributed by atoms with Crippen LogP contribution in [0.15, 0.2) is 0 Å². The van der Waals surface area contributed by atoms with Crippen LogP contribution in [0.1, 0.15) is 38.5 Å². The average molecular weight is 563 g/mol. The summed E-state index contributed by atoms with van der Waals surface area (Å²) in [5.74, 6) is 8.50. The van der Waals surface area contributed by atoms with Gasteiger partial charge in [-0.15, -0.1) is 0 Å². The van der Waals surface area contributed by atoms with Crippen LogP contribution >= 0.6 is 35.3 Å². The maximum absolute atomic E-state index is 2.07. The molecule has 0 nitrogen and oxygen atoms in total. The molecule has 0 aromatic heterocycles. The Balaban J connectivity index is -0.0000000804. The molecule has 3 rings (SSSR count). The molecule has 0 aliphatic carbocycles. The minimum Gasteiger partial charge on any atom is -1.00 e. The van der Waals surface area contributed by atoms with E-state index in [0.717, 1.165) is 0 Å². The molecule has 3 heterocycles. The second-order valence-electron chi connectivity index (χ2n) is 3.96. The first-order valence-corrected chi connectivity index (χ1v) is 9.70. The van der Waals surface area contributed by atoms with Gasteiger partial charge in [0.25, 0.3) is 0 Å². The predicted octanol–water partition coefficient (Wildman–Crippen LogP) is -4.45. The molecule has 0 aromatic rings. The summed E-state index contributed by atoms with van der Waals surface area (Å²) in [6, 6.07) is 0. The molecule has 0 bridgehead atoms. The quantitative estimate of drug-likeness (QED) is 0.293. The van der Waals surface area contributed by atoms with Gasteiger partial charge < -0.3 is 37.2 Å². The van der Waals surface area contributed by atoms with Crippen molar-refractivity contribution in [3.05, 3.63) is 0 Å². The second-order valence-corrected chi connectivity index (χ2v) is 7.63. The summed E-state index contributed by atoms with van der Waals surface area (Å²) in [6.45, 7) is 0. The van der Waals surface area contributed by atoms with Crippen molar-refractivity contribution in [2.75, 3.05) is 34.5 Å². The average Bonchev–Trinajstić information content (AvgIpc) is 3.09. The summed E-state index contributed by atoms with van der Waals surface area (Å²) < 4.78 is 0. The maximum atomic E-state index is 2.07. The van der Waals surface area contributed by atoms with E-state index in [1.54, 1.807) is 0 Å². The Hall–Kier alpha value is 2.57. The molecular formula is C12H24Cl3IrS3. The van der Waals surface area contributed by atoms with Gasteiger partial charge in [0.2, 0.25) is 0 Å². The SMILES string of the molecule is C1CCSC1.C1CCSC1.C1CCSC1.[Cl-].[Cl-].[Cl-].[Ir+3]. The molecule has 3 saturated heterocycles. The van der Waals surface area contributed by atoms with E-state index >= 15 is 0 Å². The van der Waals surface area contributed by atoms with Crippen LogP contribution in [-0.4, -0.2) is 34.5 Å². The summed E-state index contributed by atoms with van der Waals surface area (Å²) >= 11 is 6.22. The Bertz CT molecular complexity index is 86.8. The van der Waals surface area contributed by atoms with Crippen molar-refractivity contribution >= 4 is 35.3 Å². The molecule has 120 valence electrons. The van der Waals surface area contributed by atoms with E-state index in [4.69, 9.17) is 0 Å². The van der Waals surface area contributed by atoms with E-state index in [-0.39, 0.29) is 57.3 Å². The summed E-state index contributed by atoms with van der Waals surface area (Å²) in [5, 5.41) is 0. The molecule has 0 aromatic carbocycles. The zero-order chi connectivity index (χ0) is 10.6. The van der Waals surface area contributed by atoms with Crippen LogP contribution in [0.3, 0.4) is 0 Å². The van der Waals surface area contributed by atoms with E-state index in [9.17, 15) is 0 Å². The molecule has 0 saturated carbocycles. The third kappa shape index (κ3) is 23.0. The molecular weight excluding hydrogens is 539 g/mol. The third-order valence-corrected chi connectivity index (χ3v) is 5.95. The zero-order valence-corrected chi connectivity index (χ0v) is 18.3. The Kier molecular flexibility index (Phi) is 39.7. The predicted molar refractivity (Wildman–Crippen MR) is 79.7 cm³/mol. The molecule has 0 amide bonds. The van der Waals surface area contributed by atoms with Crippen molar-refractivity contribution in [1.82, 2.24) is 0 Å². The molecule has 3 aliphatic heterocycles. The van der Waals surface area contributed by atoms with Crippen LogP contribution in [0.4, 0.5) is 0 Å². The summed E-state index contributed by atoms with van der Waals surface area (Å²) in [4.78, 5) is 0. The first-order chi connectivity index (χ1) is 7.50. The molecule has 3 aliphatic rings. The van der Waals surface area contributed by atoms with Gasteiger partial charge in [0.1, 0.15) is 0 Å². The maximum Gasteiger partial charge on any atom is 3.00 e. The second kappa shape index (κ2) is 25.5. The molecule has 19 heavy (non-hydrogen) atoms. The van der Waals surface area contributed by atoms with Crippen molar-refractivity contribution in [3.63, 3.8) is 0 Å².